The lowest BCUT2D eigenvalue weighted by Crippen LogP contribution is -1.77. The lowest BCUT2D eigenvalue weighted by molar-refractivity contribution is 1.59. The van der Waals surface area contributed by atoms with Gasteiger partial charge in [-0.15, -0.1) is 0 Å². The molecule has 0 aromatic carbocycles. The van der Waals surface area contributed by atoms with Crippen LogP contribution in [-0.4, -0.2) is 0 Å². The van der Waals surface area contributed by atoms with Crippen molar-refractivity contribution in [2.45, 2.75) is 0 Å². The molecule has 8 heavy (non-hydrogen) atoms. The molecule has 0 aliphatic heterocycles. The van der Waals surface area contributed by atoms with E-state index in [1.54, 1.807) is 0 Å². The van der Waals surface area contributed by atoms with E-state index in [4.69, 9.17) is 0 Å². The highest BCUT2D eigenvalue weighted by atomic mass is 14.0. The zero-order chi connectivity index (χ0) is 5.40. The summed E-state index contributed by atoms with van der Waals surface area (Å²) in [4.78, 5) is 0. The summed E-state index contributed by atoms with van der Waals surface area (Å²) in [5.74, 6) is 0. The summed E-state index contributed by atoms with van der Waals surface area (Å²) >= 11 is 0. The predicted molar refractivity (Wildman–Crippen MR) is 34.4 cm³/mol. The first-order valence-electron chi connectivity index (χ1n) is 2.73. The van der Waals surface area contributed by atoms with Crippen LogP contribution in [0.15, 0.2) is 47.6 Å². The van der Waals surface area contributed by atoms with Crippen LogP contribution >= 0.6 is 0 Å². The first kappa shape index (κ1) is 3.90. The molecule has 0 amide bonds. The standard InChI is InChI=1S/C8H6/c1-2-7(3-1)6-8-4-5-8/h1-6H. The van der Waals surface area contributed by atoms with E-state index < -0.39 is 0 Å². The molecule has 0 saturated carbocycles. The molecule has 0 fully saturated rings. The van der Waals surface area contributed by atoms with Gasteiger partial charge in [0.25, 0.3) is 0 Å². The third-order valence-corrected chi connectivity index (χ3v) is 1.27. The van der Waals surface area contributed by atoms with Crippen LogP contribution in [-0.2, 0) is 0 Å². The summed E-state index contributed by atoms with van der Waals surface area (Å²) in [6.07, 6.45) is 12.6. The lowest BCUT2D eigenvalue weighted by Gasteiger charge is -1.97. The minimum absolute atomic E-state index is 1.34. The zero-order valence-electron chi connectivity index (χ0n) is 4.46. The van der Waals surface area contributed by atoms with E-state index in [0.717, 1.165) is 0 Å². The van der Waals surface area contributed by atoms with E-state index in [1.807, 2.05) is 0 Å². The molecule has 0 aromatic heterocycles. The van der Waals surface area contributed by atoms with Gasteiger partial charge in [-0.2, -0.15) is 0 Å². The normalized spacial score (nSPS) is 20.0. The smallest absolute Gasteiger partial charge is 0.0250 e. The first-order valence-corrected chi connectivity index (χ1v) is 2.73. The van der Waals surface area contributed by atoms with E-state index in [9.17, 15) is 0 Å². The molecule has 0 radical (unpaired) electrons. The summed E-state index contributed by atoms with van der Waals surface area (Å²) in [5, 5.41) is 0. The fourth-order valence-corrected chi connectivity index (χ4v) is 0.640. The molecule has 0 heteroatoms. The van der Waals surface area contributed by atoms with Gasteiger partial charge < -0.3 is 0 Å². The van der Waals surface area contributed by atoms with Crippen molar-refractivity contribution in [3.63, 3.8) is 0 Å². The van der Waals surface area contributed by atoms with Gasteiger partial charge in [-0.1, -0.05) is 30.4 Å². The van der Waals surface area contributed by atoms with Crippen LogP contribution in [0.1, 0.15) is 0 Å². The van der Waals surface area contributed by atoms with Crippen molar-refractivity contribution in [3.8, 4) is 0 Å². The fourth-order valence-electron chi connectivity index (χ4n) is 0.640. The van der Waals surface area contributed by atoms with Crippen LogP contribution in [0.3, 0.4) is 0 Å². The fraction of sp³-hybridized carbons (Fsp3) is 0. The number of rotatable bonds is 1. The van der Waals surface area contributed by atoms with Crippen LogP contribution in [0.5, 0.6) is 0 Å². The van der Waals surface area contributed by atoms with E-state index in [2.05, 4.69) is 36.5 Å². The summed E-state index contributed by atoms with van der Waals surface area (Å²) < 4.78 is 0. The Morgan fingerprint density at radius 3 is 2.25 bits per heavy atom. The Hall–Kier alpha value is -1.04. The topological polar surface area (TPSA) is 0 Å². The van der Waals surface area contributed by atoms with Crippen molar-refractivity contribution >= 4 is 0 Å². The number of hydrogen-bond donors (Lipinski definition) is 0. The van der Waals surface area contributed by atoms with Crippen LogP contribution in [0.25, 0.3) is 0 Å². The largest absolute Gasteiger partial charge is 0.0611 e. The number of allylic oxidation sites excluding steroid dienone is 8. The van der Waals surface area contributed by atoms with Gasteiger partial charge >= 0.3 is 0 Å². The minimum atomic E-state index is 1.34. The van der Waals surface area contributed by atoms with Crippen molar-refractivity contribution in [2.75, 3.05) is 0 Å². The first-order chi connectivity index (χ1) is 3.95. The molecule has 2 rings (SSSR count). The molecule has 0 aromatic rings. The SMILES string of the molecule is C1=CC(C=C2C=C2)=C1. The van der Waals surface area contributed by atoms with Crippen molar-refractivity contribution in [3.05, 3.63) is 47.6 Å². The van der Waals surface area contributed by atoms with Gasteiger partial charge in [0.2, 0.25) is 0 Å². The molecule has 0 N–H and O–H groups in total. The Bertz CT molecular complexity index is 216. The van der Waals surface area contributed by atoms with Crippen molar-refractivity contribution in [1.29, 1.82) is 0 Å². The monoisotopic (exact) mass is 102 g/mol. The summed E-state index contributed by atoms with van der Waals surface area (Å²) in [5.41, 5.74) is 2.70. The predicted octanol–water partition coefficient (Wildman–Crippen LogP) is 1.98. The maximum Gasteiger partial charge on any atom is -0.0250 e. The van der Waals surface area contributed by atoms with Crippen molar-refractivity contribution in [1.82, 2.24) is 0 Å². The van der Waals surface area contributed by atoms with Crippen molar-refractivity contribution in [2.24, 2.45) is 0 Å². The maximum absolute atomic E-state index is 2.17. The van der Waals surface area contributed by atoms with Crippen LogP contribution in [0.2, 0.25) is 0 Å². The second-order valence-corrected chi connectivity index (χ2v) is 2.00. The molecule has 0 bridgehead atoms. The molecule has 0 saturated heterocycles. The third kappa shape index (κ3) is 0.544. The van der Waals surface area contributed by atoms with Gasteiger partial charge in [0.05, 0.1) is 0 Å². The summed E-state index contributed by atoms with van der Waals surface area (Å²) in [6, 6.07) is 0. The molecule has 38 valence electrons. The van der Waals surface area contributed by atoms with Gasteiger partial charge in [0.1, 0.15) is 0 Å². The Kier molecular flexibility index (Phi) is 0.595. The van der Waals surface area contributed by atoms with E-state index in [-0.39, 0.29) is 0 Å². The summed E-state index contributed by atoms with van der Waals surface area (Å²) in [7, 11) is 0. The van der Waals surface area contributed by atoms with Gasteiger partial charge in [-0.25, -0.2) is 0 Å². The highest BCUT2D eigenvalue weighted by molar-refractivity contribution is 5.55. The average Bonchev–Trinajstić information content (AvgIpc) is 2.36. The molecular formula is C8H6. The molecule has 2 aliphatic rings. The van der Waals surface area contributed by atoms with Crippen LogP contribution in [0, 0.1) is 0 Å². The Labute approximate surface area is 48.5 Å². The Morgan fingerprint density at radius 1 is 1.12 bits per heavy atom. The Balaban J connectivity index is 2.10. The second-order valence-electron chi connectivity index (χ2n) is 2.00. The lowest BCUT2D eigenvalue weighted by atomic mass is 10.1. The Morgan fingerprint density at radius 2 is 1.88 bits per heavy atom. The highest BCUT2D eigenvalue weighted by Gasteiger charge is 2.00. The molecular weight excluding hydrogens is 96.1 g/mol. The zero-order valence-corrected chi connectivity index (χ0v) is 4.46. The molecule has 2 aliphatic carbocycles. The van der Waals surface area contributed by atoms with Gasteiger partial charge in [-0.3, -0.25) is 0 Å². The van der Waals surface area contributed by atoms with Crippen LogP contribution < -0.4 is 0 Å². The van der Waals surface area contributed by atoms with Gasteiger partial charge in [0.15, 0.2) is 0 Å². The molecule has 0 spiro atoms. The van der Waals surface area contributed by atoms with E-state index in [0.29, 0.717) is 0 Å². The van der Waals surface area contributed by atoms with Gasteiger partial charge in [0, 0.05) is 0 Å². The average molecular weight is 102 g/mol. The second kappa shape index (κ2) is 1.22. The van der Waals surface area contributed by atoms with Crippen LogP contribution in [0.4, 0.5) is 0 Å². The van der Waals surface area contributed by atoms with Crippen molar-refractivity contribution < 1.29 is 0 Å². The van der Waals surface area contributed by atoms with Gasteiger partial charge in [-0.05, 0) is 17.2 Å². The molecule has 0 atom stereocenters. The quantitative estimate of drug-likeness (QED) is 0.475. The molecule has 0 heterocycles. The maximum atomic E-state index is 2.17. The highest BCUT2D eigenvalue weighted by Crippen LogP contribution is 2.19. The minimum Gasteiger partial charge on any atom is -0.0611 e. The number of hydrogen-bond acceptors (Lipinski definition) is 0. The molecule has 0 unspecified atom stereocenters. The third-order valence-electron chi connectivity index (χ3n) is 1.27. The molecule has 0 nitrogen and oxygen atoms in total. The summed E-state index contributed by atoms with van der Waals surface area (Å²) in [6.45, 7) is 0. The van der Waals surface area contributed by atoms with E-state index >= 15 is 0 Å². The van der Waals surface area contributed by atoms with E-state index in [1.165, 1.54) is 11.1 Å².